The van der Waals surface area contributed by atoms with Crippen LogP contribution in [0.4, 0.5) is 23.4 Å². The van der Waals surface area contributed by atoms with E-state index in [9.17, 15) is 17.6 Å². The summed E-state index contributed by atoms with van der Waals surface area (Å²) in [6.45, 7) is 14.6. The number of aromatic nitrogens is 2. The number of allylic oxidation sites excluding steroid dienone is 6. The lowest BCUT2D eigenvalue weighted by molar-refractivity contribution is -0.0877. The van der Waals surface area contributed by atoms with Gasteiger partial charge in [0.15, 0.2) is 5.82 Å². The van der Waals surface area contributed by atoms with Gasteiger partial charge >= 0.3 is 6.18 Å². The molecule has 0 saturated carbocycles. The molecular weight excluding hydrogens is 446 g/mol. The smallest absolute Gasteiger partial charge is 0.353 e. The van der Waals surface area contributed by atoms with Gasteiger partial charge in [0.1, 0.15) is 5.83 Å². The van der Waals surface area contributed by atoms with Crippen molar-refractivity contribution in [2.24, 2.45) is 5.92 Å². The van der Waals surface area contributed by atoms with Crippen LogP contribution in [-0.4, -0.2) is 79.0 Å². The third-order valence-electron chi connectivity index (χ3n) is 6.37. The summed E-state index contributed by atoms with van der Waals surface area (Å²) in [7, 11) is 2.18. The van der Waals surface area contributed by atoms with Crippen molar-refractivity contribution in [1.29, 1.82) is 0 Å². The summed E-state index contributed by atoms with van der Waals surface area (Å²) in [6, 6.07) is 3.35. The summed E-state index contributed by atoms with van der Waals surface area (Å²) in [5.74, 6) is 0.647. The quantitative estimate of drug-likeness (QED) is 0.412. The number of alkyl halides is 3. The Hall–Kier alpha value is -2.52. The molecule has 1 atom stereocenters. The van der Waals surface area contributed by atoms with E-state index in [0.29, 0.717) is 11.7 Å². The molecule has 2 fully saturated rings. The van der Waals surface area contributed by atoms with E-state index >= 15 is 0 Å². The molecule has 3 heterocycles. The lowest BCUT2D eigenvalue weighted by Gasteiger charge is -2.38. The van der Waals surface area contributed by atoms with E-state index in [1.807, 2.05) is 0 Å². The van der Waals surface area contributed by atoms with Gasteiger partial charge in [-0.2, -0.15) is 13.2 Å². The van der Waals surface area contributed by atoms with Gasteiger partial charge in [-0.05, 0) is 69.1 Å². The number of hydrogen-bond acceptors (Lipinski definition) is 5. The molecule has 2 saturated heterocycles. The molecule has 1 unspecified atom stereocenters. The van der Waals surface area contributed by atoms with Crippen molar-refractivity contribution in [2.75, 3.05) is 57.8 Å². The van der Waals surface area contributed by atoms with Crippen LogP contribution in [0.15, 0.2) is 54.4 Å². The van der Waals surface area contributed by atoms with Crippen molar-refractivity contribution in [3.05, 3.63) is 60.1 Å². The van der Waals surface area contributed by atoms with Crippen molar-refractivity contribution >= 4 is 11.4 Å². The molecule has 0 aliphatic carbocycles. The van der Waals surface area contributed by atoms with E-state index in [2.05, 4.69) is 45.1 Å². The van der Waals surface area contributed by atoms with E-state index in [-0.39, 0.29) is 16.8 Å². The fraction of sp³-hybridized carbons (Fsp3) is 0.520. The Labute approximate surface area is 199 Å². The molecule has 0 radical (unpaired) electrons. The maximum atomic E-state index is 13.5. The third kappa shape index (κ3) is 7.24. The fourth-order valence-corrected chi connectivity index (χ4v) is 4.37. The predicted molar refractivity (Wildman–Crippen MR) is 128 cm³/mol. The van der Waals surface area contributed by atoms with Crippen molar-refractivity contribution in [3.8, 4) is 0 Å². The summed E-state index contributed by atoms with van der Waals surface area (Å²) in [4.78, 5) is 7.01. The van der Waals surface area contributed by atoms with Crippen LogP contribution in [0.25, 0.3) is 5.57 Å². The van der Waals surface area contributed by atoms with E-state index in [0.717, 1.165) is 45.3 Å². The zero-order valence-corrected chi connectivity index (χ0v) is 19.9. The first-order valence-electron chi connectivity index (χ1n) is 11.5. The van der Waals surface area contributed by atoms with Crippen LogP contribution < -0.4 is 4.90 Å². The van der Waals surface area contributed by atoms with Gasteiger partial charge in [0, 0.05) is 50.4 Å². The minimum Gasteiger partial charge on any atom is -0.353 e. The highest BCUT2D eigenvalue weighted by molar-refractivity contribution is 5.75. The van der Waals surface area contributed by atoms with Crippen LogP contribution in [-0.2, 0) is 0 Å². The number of halogens is 4. The minimum atomic E-state index is -4.60. The number of hydrogen-bond donors (Lipinski definition) is 0. The summed E-state index contributed by atoms with van der Waals surface area (Å²) < 4.78 is 52.5. The van der Waals surface area contributed by atoms with Crippen LogP contribution in [0.3, 0.4) is 0 Å². The van der Waals surface area contributed by atoms with Gasteiger partial charge in [0.25, 0.3) is 0 Å². The van der Waals surface area contributed by atoms with E-state index in [1.54, 1.807) is 12.1 Å². The molecule has 186 valence electrons. The van der Waals surface area contributed by atoms with Gasteiger partial charge in [-0.3, -0.25) is 4.90 Å². The summed E-state index contributed by atoms with van der Waals surface area (Å²) >= 11 is 0. The average molecular weight is 480 g/mol. The highest BCUT2D eigenvalue weighted by Gasteiger charge is 2.30. The zero-order valence-electron chi connectivity index (χ0n) is 19.9. The van der Waals surface area contributed by atoms with Gasteiger partial charge < -0.3 is 9.80 Å². The highest BCUT2D eigenvalue weighted by atomic mass is 19.4. The monoisotopic (exact) mass is 479 g/mol. The number of piperazine rings is 1. The molecule has 0 bridgehead atoms. The molecule has 2 aliphatic heterocycles. The summed E-state index contributed by atoms with van der Waals surface area (Å²) in [5.41, 5.74) is -0.677. The largest absolute Gasteiger partial charge is 0.415 e. The van der Waals surface area contributed by atoms with Crippen molar-refractivity contribution in [3.63, 3.8) is 0 Å². The molecule has 0 spiro atoms. The second-order valence-corrected chi connectivity index (χ2v) is 9.19. The topological polar surface area (TPSA) is 35.5 Å². The second kappa shape index (κ2) is 11.3. The highest BCUT2D eigenvalue weighted by Crippen LogP contribution is 2.29. The average Bonchev–Trinajstić information content (AvgIpc) is 2.78. The van der Waals surface area contributed by atoms with Crippen molar-refractivity contribution in [1.82, 2.24) is 20.0 Å². The summed E-state index contributed by atoms with van der Waals surface area (Å²) in [6.07, 6.45) is 0.0452. The molecule has 0 aromatic carbocycles. The van der Waals surface area contributed by atoms with E-state index in [1.165, 1.54) is 32.4 Å². The van der Waals surface area contributed by atoms with Gasteiger partial charge in [-0.1, -0.05) is 13.2 Å². The van der Waals surface area contributed by atoms with E-state index < -0.39 is 17.6 Å². The maximum Gasteiger partial charge on any atom is 0.415 e. The molecule has 0 N–H and O–H groups in total. The molecule has 2 aliphatic rings. The Morgan fingerprint density at radius 1 is 1.09 bits per heavy atom. The predicted octanol–water partition coefficient (Wildman–Crippen LogP) is 4.87. The first-order chi connectivity index (χ1) is 16.0. The van der Waals surface area contributed by atoms with Gasteiger partial charge in [0.2, 0.25) is 0 Å². The van der Waals surface area contributed by atoms with E-state index in [4.69, 9.17) is 0 Å². The maximum absolute atomic E-state index is 13.5. The Bertz CT molecular complexity index is 928. The Kier molecular flexibility index (Phi) is 8.65. The van der Waals surface area contributed by atoms with Crippen LogP contribution in [0, 0.1) is 5.92 Å². The Balaban J connectivity index is 1.66. The molecule has 3 rings (SSSR count). The van der Waals surface area contributed by atoms with Gasteiger partial charge in [0.05, 0.1) is 5.69 Å². The lowest BCUT2D eigenvalue weighted by Crippen LogP contribution is -2.49. The number of nitrogens with zero attached hydrogens (tertiary/aromatic N) is 5. The standard InChI is InChI=1S/C25H33F4N5/c1-18(20(3)26)14-22(15-19(2)25(27,28)29)23-7-8-24(31-30-23)34-12-10-33(11-13-34)17-21-6-5-9-32(4)16-21/h7-8,14-15,21H,2-3,5-6,9-13,16-17H2,1,4H3/b18-14+,22-15+. The number of rotatable bonds is 7. The third-order valence-corrected chi connectivity index (χ3v) is 6.37. The number of likely N-dealkylation sites (tertiary alicyclic amines) is 1. The van der Waals surface area contributed by atoms with Crippen LogP contribution >= 0.6 is 0 Å². The van der Waals surface area contributed by atoms with Crippen LogP contribution in [0.2, 0.25) is 0 Å². The Morgan fingerprint density at radius 2 is 1.79 bits per heavy atom. The zero-order chi connectivity index (χ0) is 24.9. The molecule has 1 aromatic heterocycles. The minimum absolute atomic E-state index is 0.0694. The fourth-order valence-electron chi connectivity index (χ4n) is 4.37. The van der Waals surface area contributed by atoms with Crippen molar-refractivity contribution < 1.29 is 17.6 Å². The second-order valence-electron chi connectivity index (χ2n) is 9.19. The molecule has 0 amide bonds. The molecule has 34 heavy (non-hydrogen) atoms. The first-order valence-corrected chi connectivity index (χ1v) is 11.5. The SMILES string of the molecule is C=C(F)/C(C)=C/C(=C\C(=C)C(F)(F)F)c1ccc(N2CCN(CC3CCCN(C)C3)CC2)nn1. The molecule has 1 aromatic rings. The van der Waals surface area contributed by atoms with Gasteiger partial charge in [-0.15, -0.1) is 10.2 Å². The van der Waals surface area contributed by atoms with Crippen molar-refractivity contribution in [2.45, 2.75) is 25.9 Å². The van der Waals surface area contributed by atoms with Crippen LogP contribution in [0.1, 0.15) is 25.5 Å². The molecule has 9 heteroatoms. The molecular formula is C25H33F4N5. The van der Waals surface area contributed by atoms with Crippen LogP contribution in [0.5, 0.6) is 0 Å². The lowest BCUT2D eigenvalue weighted by atomic mass is 9.97. The van der Waals surface area contributed by atoms with Gasteiger partial charge in [-0.25, -0.2) is 4.39 Å². The first kappa shape index (κ1) is 26.1. The Morgan fingerprint density at radius 3 is 2.35 bits per heavy atom. The summed E-state index contributed by atoms with van der Waals surface area (Å²) in [5, 5.41) is 8.39. The molecule has 5 nitrogen and oxygen atoms in total. The normalized spacial score (nSPS) is 21.6. The number of anilines is 1. The number of piperidine rings is 1.